The Morgan fingerprint density at radius 3 is 1.85 bits per heavy atom. The maximum atomic E-state index is 13.8. The average Bonchev–Trinajstić information content (AvgIpc) is 3.21. The van der Waals surface area contributed by atoms with Crippen molar-refractivity contribution in [2.75, 3.05) is 62.4 Å². The van der Waals surface area contributed by atoms with E-state index in [-0.39, 0.29) is 0 Å². The molecule has 39 heavy (non-hydrogen) atoms. The Bertz CT molecular complexity index is 1400. The van der Waals surface area contributed by atoms with Gasteiger partial charge in [0.05, 0.1) is 26.4 Å². The number of rotatable bonds is 3. The largest absolute Gasteiger partial charge is 0.464 e. The van der Waals surface area contributed by atoms with E-state index in [0.29, 0.717) is 60.2 Å². The summed E-state index contributed by atoms with van der Waals surface area (Å²) in [6, 6.07) is 19.2. The van der Waals surface area contributed by atoms with Crippen molar-refractivity contribution in [3.8, 4) is 11.5 Å². The number of carbonyl (C=O) groups excluding carboxylic acids is 1. The molecule has 3 aromatic rings. The number of carboxylic acid groups (broad SMARTS) is 1. The second-order valence-electron chi connectivity index (χ2n) is 9.98. The molecule has 10 heteroatoms. The van der Waals surface area contributed by atoms with Crippen LogP contribution in [-0.4, -0.2) is 74.7 Å². The number of carbonyl (C=O) groups is 2. The van der Waals surface area contributed by atoms with Crippen LogP contribution in [0.5, 0.6) is 11.5 Å². The molecule has 2 saturated heterocycles. The van der Waals surface area contributed by atoms with Crippen molar-refractivity contribution in [3.05, 3.63) is 82.9 Å². The van der Waals surface area contributed by atoms with E-state index in [2.05, 4.69) is 15.2 Å². The molecule has 4 heterocycles. The number of morpholine rings is 2. The Kier molecular flexibility index (Phi) is 5.60. The van der Waals surface area contributed by atoms with Gasteiger partial charge in [-0.1, -0.05) is 30.3 Å². The summed E-state index contributed by atoms with van der Waals surface area (Å²) in [6.45, 7) is 5.62. The highest BCUT2D eigenvalue weighted by Gasteiger charge is 2.57. The van der Waals surface area contributed by atoms with E-state index in [1.807, 2.05) is 48.5 Å². The Labute approximate surface area is 225 Å². The number of fused-ring (bicyclic) bond motifs is 6. The predicted octanol–water partition coefficient (Wildman–Crippen LogP) is 3.40. The minimum atomic E-state index is -1.32. The van der Waals surface area contributed by atoms with Crippen molar-refractivity contribution in [2.24, 2.45) is 0 Å². The van der Waals surface area contributed by atoms with Crippen LogP contribution in [0, 0.1) is 0 Å². The number of anilines is 2. The molecular weight excluding hydrogens is 500 g/mol. The highest BCUT2D eigenvalue weighted by atomic mass is 16.5. The Hall–Kier alpha value is -4.28. The highest BCUT2D eigenvalue weighted by Crippen LogP contribution is 2.57. The van der Waals surface area contributed by atoms with Gasteiger partial charge in [-0.2, -0.15) is 0 Å². The third-order valence-electron chi connectivity index (χ3n) is 7.98. The molecule has 0 bridgehead atoms. The van der Waals surface area contributed by atoms with E-state index in [1.165, 1.54) is 5.01 Å². The standard InChI is InChI=1S/C29H28N4O6/c34-27-21-3-1-2-4-22(21)29(33(27)30-28(35)36)23-7-5-19(31-9-13-37-14-10-31)17-25(23)39-26-18-20(6-8-24(26)29)32-11-15-38-16-12-32/h1-8,17-18,30H,9-16H2,(H,35,36). The van der Waals surface area contributed by atoms with Gasteiger partial charge in [-0.25, -0.2) is 15.2 Å². The Balaban J connectivity index is 1.46. The summed E-state index contributed by atoms with van der Waals surface area (Å²) in [6.07, 6.45) is -1.32. The van der Waals surface area contributed by atoms with Crippen molar-refractivity contribution in [3.63, 3.8) is 0 Å². The van der Waals surface area contributed by atoms with Gasteiger partial charge >= 0.3 is 6.09 Å². The zero-order chi connectivity index (χ0) is 26.6. The van der Waals surface area contributed by atoms with E-state index in [9.17, 15) is 14.7 Å². The molecule has 0 radical (unpaired) electrons. The van der Waals surface area contributed by atoms with Gasteiger partial charge in [0.15, 0.2) is 0 Å². The molecule has 2 amide bonds. The van der Waals surface area contributed by atoms with Gasteiger partial charge in [0.2, 0.25) is 0 Å². The summed E-state index contributed by atoms with van der Waals surface area (Å²) < 4.78 is 17.7. The molecule has 3 aromatic carbocycles. The number of hydrazine groups is 1. The van der Waals surface area contributed by atoms with Crippen LogP contribution in [0.25, 0.3) is 0 Å². The van der Waals surface area contributed by atoms with Crippen molar-refractivity contribution < 1.29 is 28.9 Å². The number of amides is 2. The molecule has 2 N–H and O–H groups in total. The molecule has 0 aliphatic carbocycles. The van der Waals surface area contributed by atoms with Gasteiger partial charge in [0, 0.05) is 71.9 Å². The van der Waals surface area contributed by atoms with Crippen LogP contribution in [0.4, 0.5) is 16.2 Å². The molecule has 0 atom stereocenters. The summed E-state index contributed by atoms with van der Waals surface area (Å²) in [7, 11) is 0. The van der Waals surface area contributed by atoms with Gasteiger partial charge < -0.3 is 29.1 Å². The van der Waals surface area contributed by atoms with E-state index in [4.69, 9.17) is 14.2 Å². The van der Waals surface area contributed by atoms with E-state index < -0.39 is 17.5 Å². The first-order valence-corrected chi connectivity index (χ1v) is 13.1. The fraction of sp³-hybridized carbons (Fsp3) is 0.310. The second kappa shape index (κ2) is 9.18. The van der Waals surface area contributed by atoms with Gasteiger partial charge in [-0.05, 0) is 18.2 Å². The second-order valence-corrected chi connectivity index (χ2v) is 9.98. The van der Waals surface area contributed by atoms with Gasteiger partial charge in [0.1, 0.15) is 17.0 Å². The molecule has 10 nitrogen and oxygen atoms in total. The zero-order valence-corrected chi connectivity index (χ0v) is 21.3. The molecule has 4 aliphatic rings. The van der Waals surface area contributed by atoms with Crippen LogP contribution in [0.1, 0.15) is 27.0 Å². The highest BCUT2D eigenvalue weighted by molar-refractivity contribution is 6.03. The fourth-order valence-electron chi connectivity index (χ4n) is 6.23. The predicted molar refractivity (Wildman–Crippen MR) is 143 cm³/mol. The summed E-state index contributed by atoms with van der Waals surface area (Å²) >= 11 is 0. The summed E-state index contributed by atoms with van der Waals surface area (Å²) in [4.78, 5) is 30.3. The van der Waals surface area contributed by atoms with E-state index in [0.717, 1.165) is 37.6 Å². The average molecular weight is 529 g/mol. The van der Waals surface area contributed by atoms with Crippen LogP contribution >= 0.6 is 0 Å². The number of benzene rings is 3. The molecule has 4 aliphatic heterocycles. The molecule has 0 unspecified atom stereocenters. The lowest BCUT2D eigenvalue weighted by atomic mass is 9.75. The minimum absolute atomic E-state index is 0.415. The topological polar surface area (TPSA) is 104 Å². The lowest BCUT2D eigenvalue weighted by Crippen LogP contribution is -2.55. The molecule has 7 rings (SSSR count). The van der Waals surface area contributed by atoms with Crippen LogP contribution in [0.3, 0.4) is 0 Å². The van der Waals surface area contributed by atoms with Crippen LogP contribution in [-0.2, 0) is 15.0 Å². The summed E-state index contributed by atoms with van der Waals surface area (Å²) in [5.74, 6) is 0.737. The minimum Gasteiger partial charge on any atom is -0.464 e. The first-order chi connectivity index (χ1) is 19.1. The third-order valence-corrected chi connectivity index (χ3v) is 7.98. The molecule has 0 aromatic heterocycles. The van der Waals surface area contributed by atoms with Crippen LogP contribution in [0.2, 0.25) is 0 Å². The Morgan fingerprint density at radius 2 is 1.31 bits per heavy atom. The normalized spacial score (nSPS) is 19.3. The molecule has 200 valence electrons. The number of hydrogen-bond donors (Lipinski definition) is 2. The number of nitrogens with zero attached hydrogens (tertiary/aromatic N) is 3. The molecule has 0 saturated carbocycles. The van der Waals surface area contributed by atoms with Gasteiger partial charge in [0.25, 0.3) is 5.91 Å². The number of ether oxygens (including phenoxy) is 3. The van der Waals surface area contributed by atoms with Gasteiger partial charge in [-0.3, -0.25) is 4.79 Å². The van der Waals surface area contributed by atoms with Crippen molar-refractivity contribution >= 4 is 23.4 Å². The monoisotopic (exact) mass is 528 g/mol. The van der Waals surface area contributed by atoms with Gasteiger partial charge in [-0.15, -0.1) is 0 Å². The molecule has 2 fully saturated rings. The lowest BCUT2D eigenvalue weighted by Gasteiger charge is -2.44. The van der Waals surface area contributed by atoms with Crippen molar-refractivity contribution in [2.45, 2.75) is 5.54 Å². The maximum absolute atomic E-state index is 13.8. The first kappa shape index (κ1) is 23.8. The Morgan fingerprint density at radius 1 is 0.769 bits per heavy atom. The number of nitrogens with one attached hydrogen (secondary N) is 1. The summed E-state index contributed by atoms with van der Waals surface area (Å²) in [5, 5.41) is 11.1. The zero-order valence-electron chi connectivity index (χ0n) is 21.3. The fourth-order valence-corrected chi connectivity index (χ4v) is 6.23. The summed E-state index contributed by atoms with van der Waals surface area (Å²) in [5.41, 5.74) is 5.67. The maximum Gasteiger partial charge on any atom is 0.423 e. The number of hydrogen-bond acceptors (Lipinski definition) is 7. The van der Waals surface area contributed by atoms with E-state index >= 15 is 0 Å². The van der Waals surface area contributed by atoms with Crippen molar-refractivity contribution in [1.82, 2.24) is 10.4 Å². The first-order valence-electron chi connectivity index (χ1n) is 13.1. The third kappa shape index (κ3) is 3.63. The van der Waals surface area contributed by atoms with E-state index in [1.54, 1.807) is 12.1 Å². The van der Waals surface area contributed by atoms with Crippen LogP contribution in [0.15, 0.2) is 60.7 Å². The quantitative estimate of drug-likeness (QED) is 0.533. The molecule has 1 spiro atoms. The smallest absolute Gasteiger partial charge is 0.423 e. The molecular formula is C29H28N4O6. The lowest BCUT2D eigenvalue weighted by molar-refractivity contribution is 0.0503. The SMILES string of the molecule is O=C(O)NN1C(=O)c2ccccc2C12c1ccc(N3CCOCC3)cc1Oc1cc(N3CCOCC3)ccc12. The van der Waals surface area contributed by atoms with Crippen molar-refractivity contribution in [1.29, 1.82) is 0 Å². The van der Waals surface area contributed by atoms with Crippen LogP contribution < -0.4 is 20.0 Å².